The minimum Gasteiger partial charge on any atom is -0.326 e. The van der Waals surface area contributed by atoms with E-state index in [0.29, 0.717) is 6.42 Å². The molecular weight excluding hydrogens is 244 g/mol. The minimum absolute atomic E-state index is 0.0102. The maximum atomic E-state index is 12.0. The fourth-order valence-electron chi connectivity index (χ4n) is 1.72. The highest BCUT2D eigenvalue weighted by molar-refractivity contribution is 7.09. The Bertz CT molecular complexity index is 575. The summed E-state index contributed by atoms with van der Waals surface area (Å²) in [6.07, 6.45) is 0.393. The van der Waals surface area contributed by atoms with Gasteiger partial charge in [0.2, 0.25) is 5.91 Å². The van der Waals surface area contributed by atoms with Crippen LogP contribution in [0.4, 0.5) is 5.69 Å². The van der Waals surface area contributed by atoms with Crippen LogP contribution in [0.25, 0.3) is 0 Å². The van der Waals surface area contributed by atoms with Crippen LogP contribution in [-0.4, -0.2) is 10.9 Å². The number of nitrogens with one attached hydrogen (secondary N) is 1. The third-order valence-electron chi connectivity index (χ3n) is 3.04. The largest absolute Gasteiger partial charge is 0.326 e. The lowest BCUT2D eigenvalue weighted by Gasteiger charge is -2.09. The van der Waals surface area contributed by atoms with E-state index in [1.54, 1.807) is 5.51 Å². The van der Waals surface area contributed by atoms with Gasteiger partial charge in [0.1, 0.15) is 0 Å². The molecule has 2 rings (SSSR count). The average molecular weight is 260 g/mol. The lowest BCUT2D eigenvalue weighted by molar-refractivity contribution is -0.115. The summed E-state index contributed by atoms with van der Waals surface area (Å²) in [5.74, 6) is 0.0102. The molecule has 1 aromatic heterocycles. The first-order valence-electron chi connectivity index (χ1n) is 5.83. The van der Waals surface area contributed by atoms with Gasteiger partial charge in [0.05, 0.1) is 17.6 Å². The van der Waals surface area contributed by atoms with Crippen LogP contribution in [0.1, 0.15) is 21.7 Å². The molecule has 18 heavy (non-hydrogen) atoms. The number of benzene rings is 1. The lowest BCUT2D eigenvalue weighted by atomic mass is 10.1. The highest BCUT2D eigenvalue weighted by Crippen LogP contribution is 2.19. The molecule has 3 nitrogen and oxygen atoms in total. The van der Waals surface area contributed by atoms with E-state index < -0.39 is 0 Å². The Labute approximate surface area is 111 Å². The predicted octanol–water partition coefficient (Wildman–Crippen LogP) is 3.25. The summed E-state index contributed by atoms with van der Waals surface area (Å²) in [7, 11) is 0. The fourth-order valence-corrected chi connectivity index (χ4v) is 2.50. The zero-order valence-electron chi connectivity index (χ0n) is 10.8. The molecule has 0 atom stereocenters. The molecule has 0 saturated carbocycles. The van der Waals surface area contributed by atoms with Gasteiger partial charge in [0, 0.05) is 10.6 Å². The molecular formula is C14H16N2OS. The molecule has 1 aromatic carbocycles. The molecule has 1 amide bonds. The van der Waals surface area contributed by atoms with Gasteiger partial charge in [-0.2, -0.15) is 0 Å². The van der Waals surface area contributed by atoms with Crippen molar-refractivity contribution in [3.05, 3.63) is 45.4 Å². The Morgan fingerprint density at radius 3 is 2.78 bits per heavy atom. The number of rotatable bonds is 3. The smallest absolute Gasteiger partial charge is 0.229 e. The molecule has 0 aliphatic heterocycles. The topological polar surface area (TPSA) is 42.0 Å². The molecule has 0 spiro atoms. The Kier molecular flexibility index (Phi) is 3.77. The number of carbonyl (C=O) groups excluding carboxylic acids is 1. The molecule has 0 aliphatic carbocycles. The Hall–Kier alpha value is -1.68. The van der Waals surface area contributed by atoms with Crippen molar-refractivity contribution >= 4 is 22.9 Å². The van der Waals surface area contributed by atoms with Crippen molar-refractivity contribution in [3.63, 3.8) is 0 Å². The molecule has 1 N–H and O–H groups in total. The van der Waals surface area contributed by atoms with Gasteiger partial charge in [-0.05, 0) is 38.0 Å². The van der Waals surface area contributed by atoms with Crippen LogP contribution in [-0.2, 0) is 11.2 Å². The number of hydrogen-bond acceptors (Lipinski definition) is 3. The van der Waals surface area contributed by atoms with Crippen LogP contribution in [0.15, 0.2) is 23.7 Å². The van der Waals surface area contributed by atoms with E-state index in [0.717, 1.165) is 21.8 Å². The van der Waals surface area contributed by atoms with E-state index in [2.05, 4.69) is 10.3 Å². The van der Waals surface area contributed by atoms with Gasteiger partial charge in [-0.15, -0.1) is 11.3 Å². The highest BCUT2D eigenvalue weighted by Gasteiger charge is 2.10. The van der Waals surface area contributed by atoms with E-state index in [-0.39, 0.29) is 5.91 Å². The third-order valence-corrected chi connectivity index (χ3v) is 3.98. The normalized spacial score (nSPS) is 10.4. The maximum Gasteiger partial charge on any atom is 0.229 e. The number of thiazole rings is 1. The number of hydrogen-bond donors (Lipinski definition) is 1. The van der Waals surface area contributed by atoms with Crippen molar-refractivity contribution in [2.75, 3.05) is 5.32 Å². The molecule has 1 heterocycles. The molecule has 0 aliphatic rings. The minimum atomic E-state index is 0.0102. The lowest BCUT2D eigenvalue weighted by Crippen LogP contribution is -2.15. The van der Waals surface area contributed by atoms with Crippen molar-refractivity contribution in [1.29, 1.82) is 0 Å². The van der Waals surface area contributed by atoms with Crippen LogP contribution in [0, 0.1) is 20.8 Å². The van der Waals surface area contributed by atoms with Crippen LogP contribution in [0.2, 0.25) is 0 Å². The summed E-state index contributed by atoms with van der Waals surface area (Å²) < 4.78 is 0. The number of anilines is 1. The maximum absolute atomic E-state index is 12.0. The first kappa shape index (κ1) is 12.8. The van der Waals surface area contributed by atoms with Gasteiger partial charge in [-0.1, -0.05) is 12.1 Å². The third kappa shape index (κ3) is 2.76. The Morgan fingerprint density at radius 2 is 2.11 bits per heavy atom. The molecule has 0 saturated heterocycles. The van der Waals surface area contributed by atoms with Crippen molar-refractivity contribution in [2.45, 2.75) is 27.2 Å². The van der Waals surface area contributed by atoms with Crippen LogP contribution < -0.4 is 5.32 Å². The van der Waals surface area contributed by atoms with E-state index in [1.165, 1.54) is 16.9 Å². The number of aromatic nitrogens is 1. The van der Waals surface area contributed by atoms with E-state index in [9.17, 15) is 4.79 Å². The average Bonchev–Trinajstić information content (AvgIpc) is 2.71. The monoisotopic (exact) mass is 260 g/mol. The molecule has 2 aromatic rings. The zero-order valence-corrected chi connectivity index (χ0v) is 11.6. The van der Waals surface area contributed by atoms with Crippen molar-refractivity contribution in [2.24, 2.45) is 0 Å². The van der Waals surface area contributed by atoms with E-state index in [4.69, 9.17) is 0 Å². The SMILES string of the molecule is Cc1cccc(NC(=O)Cc2scnc2C)c1C. The summed E-state index contributed by atoms with van der Waals surface area (Å²) in [5.41, 5.74) is 5.91. The fraction of sp³-hybridized carbons (Fsp3) is 0.286. The van der Waals surface area contributed by atoms with Gasteiger partial charge in [0.15, 0.2) is 0 Å². The van der Waals surface area contributed by atoms with Gasteiger partial charge >= 0.3 is 0 Å². The number of amides is 1. The Morgan fingerprint density at radius 1 is 1.33 bits per heavy atom. The summed E-state index contributed by atoms with van der Waals surface area (Å²) in [6.45, 7) is 5.98. The highest BCUT2D eigenvalue weighted by atomic mass is 32.1. The number of nitrogens with zero attached hydrogens (tertiary/aromatic N) is 1. The van der Waals surface area contributed by atoms with Gasteiger partial charge in [-0.25, -0.2) is 4.98 Å². The van der Waals surface area contributed by atoms with Crippen molar-refractivity contribution in [3.8, 4) is 0 Å². The molecule has 94 valence electrons. The first-order valence-corrected chi connectivity index (χ1v) is 6.71. The zero-order chi connectivity index (χ0) is 13.1. The summed E-state index contributed by atoms with van der Waals surface area (Å²) in [6, 6.07) is 5.92. The Balaban J connectivity index is 2.08. The number of carbonyl (C=O) groups is 1. The number of aryl methyl sites for hydroxylation is 2. The molecule has 0 fully saturated rings. The van der Waals surface area contributed by atoms with Crippen molar-refractivity contribution in [1.82, 2.24) is 4.98 Å². The van der Waals surface area contributed by atoms with Gasteiger partial charge < -0.3 is 5.32 Å². The van der Waals surface area contributed by atoms with Gasteiger partial charge in [0.25, 0.3) is 0 Å². The van der Waals surface area contributed by atoms with Crippen molar-refractivity contribution < 1.29 is 4.79 Å². The van der Waals surface area contributed by atoms with E-state index in [1.807, 2.05) is 39.0 Å². The summed E-state index contributed by atoms with van der Waals surface area (Å²) >= 11 is 1.52. The second kappa shape index (κ2) is 5.31. The summed E-state index contributed by atoms with van der Waals surface area (Å²) in [4.78, 5) is 17.1. The van der Waals surface area contributed by atoms with Gasteiger partial charge in [-0.3, -0.25) is 4.79 Å². The molecule has 0 bridgehead atoms. The summed E-state index contributed by atoms with van der Waals surface area (Å²) in [5, 5.41) is 2.96. The van der Waals surface area contributed by atoms with Crippen LogP contribution in [0.3, 0.4) is 0 Å². The second-order valence-corrected chi connectivity index (χ2v) is 5.27. The van der Waals surface area contributed by atoms with E-state index >= 15 is 0 Å². The predicted molar refractivity (Wildman–Crippen MR) is 75.1 cm³/mol. The molecule has 0 unspecified atom stereocenters. The first-order chi connectivity index (χ1) is 8.58. The molecule has 4 heteroatoms. The second-order valence-electron chi connectivity index (χ2n) is 4.33. The molecule has 0 radical (unpaired) electrons. The van der Waals surface area contributed by atoms with Crippen LogP contribution in [0.5, 0.6) is 0 Å². The quantitative estimate of drug-likeness (QED) is 0.920. The standard InChI is InChI=1S/C14H16N2OS/c1-9-5-4-6-12(10(9)2)16-14(17)7-13-11(3)15-8-18-13/h4-6,8H,7H2,1-3H3,(H,16,17). The van der Waals surface area contributed by atoms with Crippen LogP contribution >= 0.6 is 11.3 Å².